The number of nitrogens with one attached hydrogen (secondary N) is 1. The number of carbonyl (C=O) groups excluding carboxylic acids is 1. The Morgan fingerprint density at radius 1 is 1.41 bits per heavy atom. The van der Waals surface area contributed by atoms with Crippen LogP contribution in [0.4, 0.5) is 0 Å². The maximum atomic E-state index is 11.4. The molecule has 0 bridgehead atoms. The molecule has 1 N–H and O–H groups in total. The van der Waals surface area contributed by atoms with Gasteiger partial charge in [0.25, 0.3) is 0 Å². The Morgan fingerprint density at radius 3 is 2.82 bits per heavy atom. The summed E-state index contributed by atoms with van der Waals surface area (Å²) in [7, 11) is 1.44. The Hall–Kier alpha value is -1.35. The maximum Gasteiger partial charge on any atom is 0.322 e. The van der Waals surface area contributed by atoms with E-state index in [1.807, 2.05) is 0 Å². The molecule has 1 aromatic rings. The standard InChI is InChI=1S/C14H19NO2/c1-10-4-3-5-11(8-10)12-6-7-13(15-9-12)14(16)17-2/h3-5,8,12-13,15H,6-7,9H2,1-2H3/t12-,13-/m0/s1. The van der Waals surface area contributed by atoms with E-state index in [2.05, 4.69) is 36.5 Å². The van der Waals surface area contributed by atoms with E-state index in [1.165, 1.54) is 18.2 Å². The maximum absolute atomic E-state index is 11.4. The lowest BCUT2D eigenvalue weighted by Crippen LogP contribution is -2.43. The molecule has 0 radical (unpaired) electrons. The summed E-state index contributed by atoms with van der Waals surface area (Å²) in [6, 6.07) is 8.47. The Morgan fingerprint density at radius 2 is 2.24 bits per heavy atom. The van der Waals surface area contributed by atoms with Crippen molar-refractivity contribution in [2.24, 2.45) is 0 Å². The van der Waals surface area contributed by atoms with Crippen molar-refractivity contribution in [1.29, 1.82) is 0 Å². The fraction of sp³-hybridized carbons (Fsp3) is 0.500. The molecule has 3 heteroatoms. The van der Waals surface area contributed by atoms with Crippen LogP contribution >= 0.6 is 0 Å². The average molecular weight is 233 g/mol. The number of carbonyl (C=O) groups is 1. The highest BCUT2D eigenvalue weighted by Crippen LogP contribution is 2.26. The zero-order valence-electron chi connectivity index (χ0n) is 10.4. The number of methoxy groups -OCH3 is 1. The van der Waals surface area contributed by atoms with E-state index < -0.39 is 0 Å². The predicted octanol–water partition coefficient (Wildman–Crippen LogP) is 2.00. The molecular formula is C14H19NO2. The predicted molar refractivity (Wildman–Crippen MR) is 67.0 cm³/mol. The summed E-state index contributed by atoms with van der Waals surface area (Å²) in [6.07, 6.45) is 1.89. The first kappa shape index (κ1) is 12.1. The smallest absolute Gasteiger partial charge is 0.322 e. The highest BCUT2D eigenvalue weighted by Gasteiger charge is 2.26. The largest absolute Gasteiger partial charge is 0.468 e. The van der Waals surface area contributed by atoms with Gasteiger partial charge in [0.1, 0.15) is 6.04 Å². The van der Waals surface area contributed by atoms with Gasteiger partial charge in [-0.2, -0.15) is 0 Å². The van der Waals surface area contributed by atoms with Crippen LogP contribution in [-0.4, -0.2) is 25.7 Å². The Kier molecular flexibility index (Phi) is 3.79. The monoisotopic (exact) mass is 233 g/mol. The molecule has 2 rings (SSSR count). The SMILES string of the molecule is COC(=O)[C@@H]1CC[C@H](c2cccc(C)c2)CN1. The third kappa shape index (κ3) is 2.86. The highest BCUT2D eigenvalue weighted by molar-refractivity contribution is 5.75. The summed E-state index contributed by atoms with van der Waals surface area (Å²) in [5.41, 5.74) is 2.65. The van der Waals surface area contributed by atoms with Crippen LogP contribution in [0.1, 0.15) is 29.9 Å². The van der Waals surface area contributed by atoms with Crippen molar-refractivity contribution in [2.45, 2.75) is 31.7 Å². The molecule has 0 amide bonds. The summed E-state index contributed by atoms with van der Waals surface area (Å²) in [5, 5.41) is 3.26. The van der Waals surface area contributed by atoms with Crippen LogP contribution in [0.3, 0.4) is 0 Å². The number of hydrogen-bond donors (Lipinski definition) is 1. The second kappa shape index (κ2) is 5.32. The normalized spacial score (nSPS) is 24.4. The van der Waals surface area contributed by atoms with Crippen molar-refractivity contribution in [3.63, 3.8) is 0 Å². The molecule has 1 aliphatic heterocycles. The van der Waals surface area contributed by atoms with Gasteiger partial charge < -0.3 is 10.1 Å². The molecule has 0 saturated carbocycles. The van der Waals surface area contributed by atoms with Gasteiger partial charge in [-0.15, -0.1) is 0 Å². The van der Waals surface area contributed by atoms with Crippen LogP contribution in [-0.2, 0) is 9.53 Å². The molecule has 3 nitrogen and oxygen atoms in total. The summed E-state index contributed by atoms with van der Waals surface area (Å²) in [4.78, 5) is 11.4. The number of rotatable bonds is 2. The van der Waals surface area contributed by atoms with E-state index in [4.69, 9.17) is 4.74 Å². The number of piperidine rings is 1. The minimum Gasteiger partial charge on any atom is -0.468 e. The Bertz CT molecular complexity index is 395. The lowest BCUT2D eigenvalue weighted by Gasteiger charge is -2.28. The van der Waals surface area contributed by atoms with E-state index in [-0.39, 0.29) is 12.0 Å². The van der Waals surface area contributed by atoms with E-state index in [1.54, 1.807) is 0 Å². The minimum absolute atomic E-state index is 0.124. The van der Waals surface area contributed by atoms with Crippen molar-refractivity contribution in [2.75, 3.05) is 13.7 Å². The topological polar surface area (TPSA) is 38.3 Å². The highest BCUT2D eigenvalue weighted by atomic mass is 16.5. The van der Waals surface area contributed by atoms with Crippen LogP contribution in [0.25, 0.3) is 0 Å². The Balaban J connectivity index is 1.97. The summed E-state index contributed by atoms with van der Waals surface area (Å²) in [5.74, 6) is 0.364. The molecule has 1 aromatic carbocycles. The number of aryl methyl sites for hydroxylation is 1. The van der Waals surface area contributed by atoms with Crippen molar-refractivity contribution in [3.05, 3.63) is 35.4 Å². The van der Waals surface area contributed by atoms with E-state index >= 15 is 0 Å². The van der Waals surface area contributed by atoms with Crippen LogP contribution in [0.2, 0.25) is 0 Å². The number of esters is 1. The van der Waals surface area contributed by atoms with Crippen LogP contribution in [0.5, 0.6) is 0 Å². The van der Waals surface area contributed by atoms with E-state index in [0.29, 0.717) is 5.92 Å². The van der Waals surface area contributed by atoms with E-state index in [9.17, 15) is 4.79 Å². The average Bonchev–Trinajstić information content (AvgIpc) is 2.38. The second-order valence-electron chi connectivity index (χ2n) is 4.67. The molecule has 2 atom stereocenters. The lowest BCUT2D eigenvalue weighted by atomic mass is 9.88. The summed E-state index contributed by atoms with van der Waals surface area (Å²) >= 11 is 0. The molecule has 0 aromatic heterocycles. The third-order valence-corrected chi connectivity index (χ3v) is 3.41. The van der Waals surface area contributed by atoms with Gasteiger partial charge in [0.15, 0.2) is 0 Å². The zero-order chi connectivity index (χ0) is 12.3. The number of benzene rings is 1. The fourth-order valence-corrected chi connectivity index (χ4v) is 2.41. The first-order valence-electron chi connectivity index (χ1n) is 6.08. The molecule has 0 aliphatic carbocycles. The van der Waals surface area contributed by atoms with Crippen molar-refractivity contribution < 1.29 is 9.53 Å². The summed E-state index contributed by atoms with van der Waals surface area (Å²) < 4.78 is 4.75. The van der Waals surface area contributed by atoms with Crippen molar-refractivity contribution in [1.82, 2.24) is 5.32 Å². The molecule has 0 unspecified atom stereocenters. The molecule has 1 heterocycles. The van der Waals surface area contributed by atoms with Crippen LogP contribution < -0.4 is 5.32 Å². The van der Waals surface area contributed by atoms with Gasteiger partial charge in [-0.05, 0) is 31.2 Å². The molecule has 1 saturated heterocycles. The molecule has 1 fully saturated rings. The van der Waals surface area contributed by atoms with Gasteiger partial charge in [0.05, 0.1) is 7.11 Å². The van der Waals surface area contributed by atoms with Crippen molar-refractivity contribution in [3.8, 4) is 0 Å². The molecule has 1 aliphatic rings. The molecule has 17 heavy (non-hydrogen) atoms. The summed E-state index contributed by atoms with van der Waals surface area (Å²) in [6.45, 7) is 2.96. The van der Waals surface area contributed by atoms with Gasteiger partial charge in [0.2, 0.25) is 0 Å². The number of ether oxygens (including phenoxy) is 1. The first-order valence-corrected chi connectivity index (χ1v) is 6.08. The molecule has 0 spiro atoms. The van der Waals surface area contributed by atoms with Gasteiger partial charge in [-0.3, -0.25) is 4.79 Å². The zero-order valence-corrected chi connectivity index (χ0v) is 10.4. The third-order valence-electron chi connectivity index (χ3n) is 3.41. The molecular weight excluding hydrogens is 214 g/mol. The first-order chi connectivity index (χ1) is 8.20. The quantitative estimate of drug-likeness (QED) is 0.794. The van der Waals surface area contributed by atoms with Crippen LogP contribution in [0, 0.1) is 6.92 Å². The van der Waals surface area contributed by atoms with Gasteiger partial charge in [-0.1, -0.05) is 29.8 Å². The van der Waals surface area contributed by atoms with E-state index in [0.717, 1.165) is 19.4 Å². The molecule has 92 valence electrons. The Labute approximate surface area is 102 Å². The fourth-order valence-electron chi connectivity index (χ4n) is 2.41. The second-order valence-corrected chi connectivity index (χ2v) is 4.67. The van der Waals surface area contributed by atoms with Gasteiger partial charge in [-0.25, -0.2) is 0 Å². The van der Waals surface area contributed by atoms with Gasteiger partial charge in [0, 0.05) is 6.54 Å². The van der Waals surface area contributed by atoms with Crippen LogP contribution in [0.15, 0.2) is 24.3 Å². The number of hydrogen-bond acceptors (Lipinski definition) is 3. The minimum atomic E-state index is -0.146. The van der Waals surface area contributed by atoms with Gasteiger partial charge >= 0.3 is 5.97 Å². The lowest BCUT2D eigenvalue weighted by molar-refractivity contribution is -0.143. The van der Waals surface area contributed by atoms with Crippen molar-refractivity contribution >= 4 is 5.97 Å².